The van der Waals surface area contributed by atoms with E-state index in [1.807, 2.05) is 0 Å². The van der Waals surface area contributed by atoms with Crippen molar-refractivity contribution >= 4 is 0 Å². The minimum Gasteiger partial charge on any atom is -0.493 e. The van der Waals surface area contributed by atoms with Gasteiger partial charge < -0.3 is 4.74 Å². The highest BCUT2D eigenvalue weighted by molar-refractivity contribution is 5.43. The van der Waals surface area contributed by atoms with Crippen LogP contribution in [0.5, 0.6) is 5.75 Å². The van der Waals surface area contributed by atoms with Crippen LogP contribution in [-0.4, -0.2) is 6.61 Å². The fourth-order valence-corrected chi connectivity index (χ4v) is 2.12. The Kier molecular flexibility index (Phi) is 2.49. The summed E-state index contributed by atoms with van der Waals surface area (Å²) < 4.78 is 5.73. The Hall–Kier alpha value is -0.980. The van der Waals surface area contributed by atoms with Crippen LogP contribution in [0.4, 0.5) is 0 Å². The van der Waals surface area contributed by atoms with Crippen LogP contribution in [0.1, 0.15) is 37.8 Å². The van der Waals surface area contributed by atoms with Crippen molar-refractivity contribution in [3.63, 3.8) is 0 Å². The van der Waals surface area contributed by atoms with Crippen LogP contribution in [-0.2, 0) is 6.42 Å². The lowest BCUT2D eigenvalue weighted by Gasteiger charge is -2.25. The topological polar surface area (TPSA) is 9.23 Å². The minimum atomic E-state index is 0.596. The second-order valence-corrected chi connectivity index (χ2v) is 4.60. The van der Waals surface area contributed by atoms with Gasteiger partial charge in [-0.25, -0.2) is 0 Å². The molecule has 1 heterocycles. The molecule has 0 bridgehead atoms. The molecule has 2 rings (SSSR count). The average Bonchev–Trinajstić information content (AvgIpc) is 2.16. The molecule has 1 heteroatoms. The van der Waals surface area contributed by atoms with Gasteiger partial charge in [-0.15, -0.1) is 0 Å². The van der Waals surface area contributed by atoms with Crippen molar-refractivity contribution in [2.24, 2.45) is 5.92 Å². The monoisotopic (exact) mass is 190 g/mol. The number of rotatable bonds is 1. The van der Waals surface area contributed by atoms with E-state index < -0.39 is 0 Å². The van der Waals surface area contributed by atoms with Gasteiger partial charge in [0, 0.05) is 0 Å². The van der Waals surface area contributed by atoms with Crippen LogP contribution in [0.2, 0.25) is 0 Å². The van der Waals surface area contributed by atoms with E-state index in [0.29, 0.717) is 11.8 Å². The van der Waals surface area contributed by atoms with E-state index in [0.717, 1.165) is 12.4 Å². The molecule has 0 radical (unpaired) electrons. The molecule has 1 atom stereocenters. The van der Waals surface area contributed by atoms with Crippen molar-refractivity contribution < 1.29 is 4.74 Å². The maximum absolute atomic E-state index is 5.73. The minimum absolute atomic E-state index is 0.596. The summed E-state index contributed by atoms with van der Waals surface area (Å²) in [6.07, 6.45) is 1.17. The maximum Gasteiger partial charge on any atom is 0.122 e. The Morgan fingerprint density at radius 2 is 2.14 bits per heavy atom. The molecule has 14 heavy (non-hydrogen) atoms. The number of benzene rings is 1. The van der Waals surface area contributed by atoms with Crippen LogP contribution in [0.15, 0.2) is 18.2 Å². The van der Waals surface area contributed by atoms with Gasteiger partial charge in [-0.2, -0.15) is 0 Å². The molecule has 76 valence electrons. The van der Waals surface area contributed by atoms with Crippen LogP contribution in [0, 0.1) is 5.92 Å². The van der Waals surface area contributed by atoms with E-state index in [1.54, 1.807) is 0 Å². The Labute approximate surface area is 86.1 Å². The van der Waals surface area contributed by atoms with Gasteiger partial charge in [0.2, 0.25) is 0 Å². The number of fused-ring (bicyclic) bond motifs is 1. The van der Waals surface area contributed by atoms with Crippen molar-refractivity contribution in [3.05, 3.63) is 29.3 Å². The first-order chi connectivity index (χ1) is 6.68. The van der Waals surface area contributed by atoms with Crippen molar-refractivity contribution in [2.45, 2.75) is 33.1 Å². The zero-order valence-electron chi connectivity index (χ0n) is 9.21. The van der Waals surface area contributed by atoms with Gasteiger partial charge in [-0.3, -0.25) is 0 Å². The van der Waals surface area contributed by atoms with E-state index in [2.05, 4.69) is 39.0 Å². The third-order valence-corrected chi connectivity index (χ3v) is 2.87. The predicted octanol–water partition coefficient (Wildman–Crippen LogP) is 3.38. The quantitative estimate of drug-likeness (QED) is 0.659. The molecule has 0 saturated carbocycles. The second kappa shape index (κ2) is 3.64. The largest absolute Gasteiger partial charge is 0.493 e. The first-order valence-electron chi connectivity index (χ1n) is 5.43. The summed E-state index contributed by atoms with van der Waals surface area (Å²) in [4.78, 5) is 0. The maximum atomic E-state index is 5.73. The fraction of sp³-hybridized carbons (Fsp3) is 0.538. The van der Waals surface area contributed by atoms with Crippen LogP contribution in [0.25, 0.3) is 0 Å². The Bertz CT molecular complexity index is 328. The van der Waals surface area contributed by atoms with Crippen LogP contribution in [0.3, 0.4) is 0 Å². The number of ether oxygens (including phenoxy) is 1. The summed E-state index contributed by atoms with van der Waals surface area (Å²) in [6, 6.07) is 6.42. The van der Waals surface area contributed by atoms with Gasteiger partial charge >= 0.3 is 0 Å². The molecule has 0 amide bonds. The summed E-state index contributed by atoms with van der Waals surface area (Å²) in [5.74, 6) is 2.36. The van der Waals surface area contributed by atoms with Gasteiger partial charge in [-0.1, -0.05) is 32.9 Å². The molecule has 0 fully saturated rings. The van der Waals surface area contributed by atoms with Gasteiger partial charge in [0.1, 0.15) is 5.75 Å². The molecule has 1 aromatic rings. The van der Waals surface area contributed by atoms with Crippen LogP contribution < -0.4 is 4.74 Å². The summed E-state index contributed by atoms with van der Waals surface area (Å²) >= 11 is 0. The van der Waals surface area contributed by atoms with Crippen LogP contribution >= 0.6 is 0 Å². The molecule has 0 spiro atoms. The molecule has 1 aliphatic rings. The molecular weight excluding hydrogens is 172 g/mol. The Balaban J connectivity index is 2.43. The average molecular weight is 190 g/mol. The van der Waals surface area contributed by atoms with E-state index in [-0.39, 0.29) is 0 Å². The highest BCUT2D eigenvalue weighted by Crippen LogP contribution is 2.33. The van der Waals surface area contributed by atoms with E-state index >= 15 is 0 Å². The standard InChI is InChI=1S/C13H18O/c1-9(2)11-5-4-6-13-12(11)7-10(3)8-14-13/h4-6,9-10H,7-8H2,1-3H3. The van der Waals surface area contributed by atoms with Crippen molar-refractivity contribution in [3.8, 4) is 5.75 Å². The predicted molar refractivity (Wildman–Crippen MR) is 58.9 cm³/mol. The smallest absolute Gasteiger partial charge is 0.122 e. The lowest BCUT2D eigenvalue weighted by Crippen LogP contribution is -2.19. The lowest BCUT2D eigenvalue weighted by molar-refractivity contribution is 0.233. The normalized spacial score (nSPS) is 20.4. The molecule has 1 aromatic carbocycles. The molecule has 0 saturated heterocycles. The van der Waals surface area contributed by atoms with Gasteiger partial charge in [0.05, 0.1) is 6.61 Å². The molecule has 0 aromatic heterocycles. The highest BCUT2D eigenvalue weighted by Gasteiger charge is 2.19. The summed E-state index contributed by atoms with van der Waals surface area (Å²) in [5, 5.41) is 0. The van der Waals surface area contributed by atoms with E-state index in [1.165, 1.54) is 17.5 Å². The third kappa shape index (κ3) is 1.63. The lowest BCUT2D eigenvalue weighted by atomic mass is 9.89. The number of hydrogen-bond acceptors (Lipinski definition) is 1. The molecule has 1 aliphatic heterocycles. The number of hydrogen-bond donors (Lipinski definition) is 0. The van der Waals surface area contributed by atoms with Crippen molar-refractivity contribution in [2.75, 3.05) is 6.61 Å². The molecule has 1 unspecified atom stereocenters. The van der Waals surface area contributed by atoms with Crippen molar-refractivity contribution in [1.29, 1.82) is 0 Å². The summed E-state index contributed by atoms with van der Waals surface area (Å²) in [7, 11) is 0. The fourth-order valence-electron chi connectivity index (χ4n) is 2.12. The van der Waals surface area contributed by atoms with Gasteiger partial charge in [0.15, 0.2) is 0 Å². The Morgan fingerprint density at radius 3 is 2.86 bits per heavy atom. The molecule has 1 nitrogen and oxygen atoms in total. The first kappa shape index (κ1) is 9.57. The van der Waals surface area contributed by atoms with Gasteiger partial charge in [-0.05, 0) is 35.4 Å². The summed E-state index contributed by atoms with van der Waals surface area (Å²) in [6.45, 7) is 7.61. The first-order valence-corrected chi connectivity index (χ1v) is 5.43. The highest BCUT2D eigenvalue weighted by atomic mass is 16.5. The molecular formula is C13H18O. The van der Waals surface area contributed by atoms with E-state index in [4.69, 9.17) is 4.74 Å². The van der Waals surface area contributed by atoms with E-state index in [9.17, 15) is 0 Å². The third-order valence-electron chi connectivity index (χ3n) is 2.87. The SMILES string of the molecule is CC1COc2cccc(C(C)C)c2C1. The second-order valence-electron chi connectivity index (χ2n) is 4.60. The van der Waals surface area contributed by atoms with Crippen molar-refractivity contribution in [1.82, 2.24) is 0 Å². The van der Waals surface area contributed by atoms with Gasteiger partial charge in [0.25, 0.3) is 0 Å². The molecule has 0 aliphatic carbocycles. The Morgan fingerprint density at radius 1 is 1.36 bits per heavy atom. The summed E-state index contributed by atoms with van der Waals surface area (Å²) in [5.41, 5.74) is 2.88. The molecule has 0 N–H and O–H groups in total. The zero-order chi connectivity index (χ0) is 10.1. The zero-order valence-corrected chi connectivity index (χ0v) is 9.21.